The number of allylic oxidation sites excluding steroid dienone is 2. The first-order valence-corrected chi connectivity index (χ1v) is 14.4. The van der Waals surface area contributed by atoms with Crippen molar-refractivity contribution >= 4 is 69.1 Å². The number of nitrogens with two attached hydrogens (primary N) is 1. The fraction of sp³-hybridized carbons (Fsp3) is 0.200. The van der Waals surface area contributed by atoms with Crippen LogP contribution in [0.2, 0.25) is 5.02 Å². The molecule has 2 amide bonds. The van der Waals surface area contributed by atoms with Crippen LogP contribution in [0.3, 0.4) is 0 Å². The van der Waals surface area contributed by atoms with Gasteiger partial charge in [0.2, 0.25) is 16.9 Å². The fourth-order valence-corrected chi connectivity index (χ4v) is 5.84. The van der Waals surface area contributed by atoms with E-state index in [2.05, 4.69) is 26.4 Å². The van der Waals surface area contributed by atoms with E-state index >= 15 is 0 Å². The van der Waals surface area contributed by atoms with Gasteiger partial charge in [-0.3, -0.25) is 24.7 Å². The number of ketones is 1. The molecule has 5 rings (SSSR count). The quantitative estimate of drug-likeness (QED) is 0.152. The number of nitrogens with one attached hydrogen (secondary N) is 1. The highest BCUT2D eigenvalue weighted by atomic mass is 35.5. The molecule has 0 radical (unpaired) electrons. The largest absolute Gasteiger partial charge is 0.405 e. The van der Waals surface area contributed by atoms with Crippen molar-refractivity contribution in [2.45, 2.75) is 32.1 Å². The van der Waals surface area contributed by atoms with Crippen molar-refractivity contribution in [1.29, 1.82) is 0 Å². The predicted molar refractivity (Wildman–Crippen MR) is 167 cm³/mol. The average Bonchev–Trinajstić information content (AvgIpc) is 3.70. The summed E-state index contributed by atoms with van der Waals surface area (Å²) in [5.41, 5.74) is 8.74. The molecule has 0 unspecified atom stereocenters. The molecule has 3 N–H and O–H groups in total. The molecule has 43 heavy (non-hydrogen) atoms. The summed E-state index contributed by atoms with van der Waals surface area (Å²) in [6.45, 7) is 4.51. The molecule has 0 saturated carbocycles. The van der Waals surface area contributed by atoms with E-state index in [1.165, 1.54) is 18.0 Å². The Balaban J connectivity index is 1.36. The lowest BCUT2D eigenvalue weighted by Gasteiger charge is -2.23. The third kappa shape index (κ3) is 6.40. The lowest BCUT2D eigenvalue weighted by atomic mass is 10.0. The summed E-state index contributed by atoms with van der Waals surface area (Å²) in [7, 11) is 0. The second-order valence-corrected chi connectivity index (χ2v) is 11.1. The van der Waals surface area contributed by atoms with Crippen LogP contribution in [-0.4, -0.2) is 61.9 Å². The third-order valence-electron chi connectivity index (χ3n) is 7.02. The van der Waals surface area contributed by atoms with E-state index in [0.29, 0.717) is 38.4 Å². The number of aliphatic imine (C=N–C) groups is 1. The number of halogens is 2. The molecule has 0 aliphatic carbocycles. The lowest BCUT2D eigenvalue weighted by molar-refractivity contribution is -0.137. The minimum Gasteiger partial charge on any atom is -0.405 e. The molecule has 1 aliphatic heterocycles. The molecule has 4 aromatic rings. The van der Waals surface area contributed by atoms with Crippen LogP contribution in [0, 0.1) is 0 Å². The number of alkyl halides is 1. The van der Waals surface area contributed by atoms with Gasteiger partial charge < -0.3 is 15.2 Å². The SMILES string of the molecule is C=N/C=C(\C=C/N)c1ccc2c(c1)c(C(C)=O)cn2CC(=O)N1C[C@H](F)C[C@H]1C(=O)Nc1nc(-c2cccc(Cl)c2)ns1. The Hall–Kier alpha value is -4.68. The van der Waals surface area contributed by atoms with Gasteiger partial charge in [-0.05, 0) is 55.7 Å². The van der Waals surface area contributed by atoms with E-state index in [0.717, 1.165) is 17.1 Å². The van der Waals surface area contributed by atoms with Crippen LogP contribution in [0.4, 0.5) is 9.52 Å². The molecule has 1 saturated heterocycles. The fourth-order valence-electron chi connectivity index (χ4n) is 5.06. The molecule has 1 aliphatic rings. The molecular weight excluding hydrogens is 593 g/mol. The summed E-state index contributed by atoms with van der Waals surface area (Å²) in [4.78, 5) is 48.6. The zero-order valence-electron chi connectivity index (χ0n) is 23.0. The highest BCUT2D eigenvalue weighted by Crippen LogP contribution is 2.29. The highest BCUT2D eigenvalue weighted by molar-refractivity contribution is 7.10. The van der Waals surface area contributed by atoms with Crippen LogP contribution in [0.15, 0.2) is 72.1 Å². The number of anilines is 1. The predicted octanol–water partition coefficient (Wildman–Crippen LogP) is 5.11. The molecule has 13 heteroatoms. The maximum Gasteiger partial charge on any atom is 0.249 e. The van der Waals surface area contributed by atoms with Crippen molar-refractivity contribution in [2.24, 2.45) is 10.7 Å². The van der Waals surface area contributed by atoms with Gasteiger partial charge in [0, 0.05) is 63.0 Å². The van der Waals surface area contributed by atoms with Gasteiger partial charge in [0.15, 0.2) is 11.6 Å². The van der Waals surface area contributed by atoms with Gasteiger partial charge in [-0.15, -0.1) is 0 Å². The van der Waals surface area contributed by atoms with Crippen LogP contribution in [0.5, 0.6) is 0 Å². The summed E-state index contributed by atoms with van der Waals surface area (Å²) in [6, 6.07) is 11.4. The molecule has 2 atom stereocenters. The number of carbonyl (C=O) groups is 3. The molecule has 2 aromatic carbocycles. The standard InChI is InChI=1S/C30H27ClFN7O3S/c1-17(40)24-15-38(25-7-6-18(11-23(24)25)20(8-9-33)13-34-2)16-27(41)39-14-22(32)12-26(39)29(42)36-30-35-28(37-43-30)19-4-3-5-21(31)10-19/h3-11,13,15,22,26H,2,12,14,16,33H2,1H3,(H,35,36,37,42)/b9-8-,20-13+/t22-,26+/m1/s1. The van der Waals surface area contributed by atoms with Crippen LogP contribution < -0.4 is 11.1 Å². The van der Waals surface area contributed by atoms with Gasteiger partial charge in [-0.1, -0.05) is 29.8 Å². The number of amides is 2. The minimum atomic E-state index is -1.37. The van der Waals surface area contributed by atoms with Crippen LogP contribution in [0.25, 0.3) is 27.9 Å². The van der Waals surface area contributed by atoms with Crippen molar-refractivity contribution in [1.82, 2.24) is 18.8 Å². The normalized spacial score (nSPS) is 17.1. The topological polar surface area (TPSA) is 136 Å². The molecular formula is C30H27ClFN7O3S. The van der Waals surface area contributed by atoms with Crippen molar-refractivity contribution in [3.8, 4) is 11.4 Å². The Morgan fingerprint density at radius 1 is 1.28 bits per heavy atom. The zero-order chi connectivity index (χ0) is 30.7. The first kappa shape index (κ1) is 29.8. The number of hydrogen-bond acceptors (Lipinski definition) is 8. The number of carbonyl (C=O) groups excluding carboxylic acids is 3. The van der Waals surface area contributed by atoms with E-state index in [1.807, 2.05) is 12.1 Å². The Bertz CT molecular complexity index is 1800. The summed E-state index contributed by atoms with van der Waals surface area (Å²) < 4.78 is 20.5. The number of benzene rings is 2. The summed E-state index contributed by atoms with van der Waals surface area (Å²) in [5, 5.41) is 4.04. The highest BCUT2D eigenvalue weighted by Gasteiger charge is 2.40. The number of nitrogens with zero attached hydrogens (tertiary/aromatic N) is 5. The van der Waals surface area contributed by atoms with Crippen molar-refractivity contribution in [3.05, 3.63) is 83.3 Å². The third-order valence-corrected chi connectivity index (χ3v) is 7.88. The molecule has 2 aromatic heterocycles. The maximum atomic E-state index is 14.6. The van der Waals surface area contributed by atoms with E-state index in [1.54, 1.807) is 53.4 Å². The van der Waals surface area contributed by atoms with E-state index < -0.39 is 24.0 Å². The zero-order valence-corrected chi connectivity index (χ0v) is 24.6. The molecule has 10 nitrogen and oxygen atoms in total. The molecule has 1 fully saturated rings. The number of fused-ring (bicyclic) bond motifs is 1. The van der Waals surface area contributed by atoms with Gasteiger partial charge in [0.1, 0.15) is 18.8 Å². The second-order valence-electron chi connectivity index (χ2n) is 9.90. The summed E-state index contributed by atoms with van der Waals surface area (Å²) in [6.07, 6.45) is 4.67. The van der Waals surface area contributed by atoms with Gasteiger partial charge in [0.05, 0.1) is 6.54 Å². The molecule has 0 spiro atoms. The Morgan fingerprint density at radius 2 is 2.09 bits per heavy atom. The Morgan fingerprint density at radius 3 is 2.81 bits per heavy atom. The summed E-state index contributed by atoms with van der Waals surface area (Å²) >= 11 is 7.03. The van der Waals surface area contributed by atoms with Gasteiger partial charge in [0.25, 0.3) is 0 Å². The smallest absolute Gasteiger partial charge is 0.249 e. The summed E-state index contributed by atoms with van der Waals surface area (Å²) in [5.74, 6) is -0.823. The number of likely N-dealkylation sites (tertiary alicyclic amines) is 1. The van der Waals surface area contributed by atoms with Gasteiger partial charge in [-0.2, -0.15) is 9.36 Å². The average molecular weight is 620 g/mol. The maximum absolute atomic E-state index is 14.6. The van der Waals surface area contributed by atoms with Gasteiger partial charge in [-0.25, -0.2) is 4.39 Å². The van der Waals surface area contributed by atoms with Gasteiger partial charge >= 0.3 is 0 Å². The lowest BCUT2D eigenvalue weighted by Crippen LogP contribution is -2.44. The first-order valence-electron chi connectivity index (χ1n) is 13.2. The molecule has 3 heterocycles. The van der Waals surface area contributed by atoms with E-state index in [-0.39, 0.29) is 30.4 Å². The molecule has 0 bridgehead atoms. The van der Waals surface area contributed by atoms with E-state index in [9.17, 15) is 18.8 Å². The monoisotopic (exact) mass is 619 g/mol. The number of Topliss-reactive ketones (excluding diaryl/α,β-unsaturated/α-hetero) is 1. The van der Waals surface area contributed by atoms with E-state index in [4.69, 9.17) is 17.3 Å². The van der Waals surface area contributed by atoms with Crippen molar-refractivity contribution in [3.63, 3.8) is 0 Å². The Labute approximate surface area is 255 Å². The number of rotatable bonds is 9. The van der Waals surface area contributed by atoms with Crippen LogP contribution in [0.1, 0.15) is 29.3 Å². The first-order chi connectivity index (χ1) is 20.7. The second kappa shape index (κ2) is 12.7. The Kier molecular flexibility index (Phi) is 8.78. The minimum absolute atomic E-state index is 0.146. The number of hydrogen-bond donors (Lipinski definition) is 2. The van der Waals surface area contributed by atoms with Crippen molar-refractivity contribution in [2.75, 3.05) is 11.9 Å². The number of aromatic nitrogens is 3. The van der Waals surface area contributed by atoms with Crippen LogP contribution >= 0.6 is 23.1 Å². The van der Waals surface area contributed by atoms with Crippen LogP contribution in [-0.2, 0) is 16.1 Å². The van der Waals surface area contributed by atoms with Crippen molar-refractivity contribution < 1.29 is 18.8 Å². The molecule has 220 valence electrons.